The molecular weight excluding hydrogens is 488 g/mol. The summed E-state index contributed by atoms with van der Waals surface area (Å²) in [5.41, 5.74) is 15.8. The molecule has 0 fully saturated rings. The van der Waals surface area contributed by atoms with Crippen LogP contribution in [0.1, 0.15) is 149 Å². The van der Waals surface area contributed by atoms with Gasteiger partial charge in [0.1, 0.15) is 0 Å². The Morgan fingerprint density at radius 2 is 0.650 bits per heavy atom. The van der Waals surface area contributed by atoms with E-state index in [1.54, 1.807) is 36.5 Å². The number of benzene rings is 3. The van der Waals surface area contributed by atoms with Crippen LogP contribution in [0, 0.1) is 0 Å². The van der Waals surface area contributed by atoms with Gasteiger partial charge in [0.15, 0.2) is 11.5 Å². The normalized spacial score (nSPS) is 25.1. The minimum atomic E-state index is 0.182. The van der Waals surface area contributed by atoms with Crippen molar-refractivity contribution < 1.29 is 9.47 Å². The van der Waals surface area contributed by atoms with Gasteiger partial charge in [0, 0.05) is 11.8 Å². The van der Waals surface area contributed by atoms with E-state index >= 15 is 0 Å². The molecule has 0 heterocycles. The van der Waals surface area contributed by atoms with Crippen LogP contribution in [0.5, 0.6) is 11.5 Å². The molecular formula is C38H46O2. The highest BCUT2D eigenvalue weighted by atomic mass is 16.5. The maximum absolute atomic E-state index is 5.86. The number of fused-ring (bicyclic) bond motifs is 2. The van der Waals surface area contributed by atoms with Gasteiger partial charge >= 0.3 is 0 Å². The van der Waals surface area contributed by atoms with Crippen molar-refractivity contribution in [3.05, 3.63) is 92.0 Å². The summed E-state index contributed by atoms with van der Waals surface area (Å²) in [7, 11) is 3.52. The zero-order valence-electron chi connectivity index (χ0n) is 26.3. The molecule has 0 saturated carbocycles. The van der Waals surface area contributed by atoms with E-state index in [0.29, 0.717) is 0 Å². The van der Waals surface area contributed by atoms with Gasteiger partial charge in [-0.25, -0.2) is 0 Å². The Kier molecular flexibility index (Phi) is 5.21. The Labute approximate surface area is 241 Å². The third-order valence-corrected chi connectivity index (χ3v) is 11.6. The van der Waals surface area contributed by atoms with Crippen LogP contribution >= 0.6 is 0 Å². The third kappa shape index (κ3) is 3.34. The summed E-state index contributed by atoms with van der Waals surface area (Å²) < 4.78 is 11.7. The van der Waals surface area contributed by atoms with Crippen LogP contribution in [0.2, 0.25) is 0 Å². The molecule has 5 aliphatic rings. The average Bonchev–Trinajstić information content (AvgIpc) is 2.91. The number of hydrogen-bond acceptors (Lipinski definition) is 2. The van der Waals surface area contributed by atoms with Gasteiger partial charge in [-0.05, 0) is 115 Å². The molecule has 210 valence electrons. The summed E-state index contributed by atoms with van der Waals surface area (Å²) in [6.07, 6.45) is 4.92. The highest BCUT2D eigenvalue weighted by molar-refractivity contribution is 5.73. The second-order valence-electron chi connectivity index (χ2n) is 15.8. The van der Waals surface area contributed by atoms with E-state index in [0.717, 1.165) is 11.5 Å². The largest absolute Gasteiger partial charge is 0.493 e. The molecule has 2 heteroatoms. The number of ether oxygens (including phenoxy) is 2. The molecule has 0 aromatic heterocycles. The van der Waals surface area contributed by atoms with E-state index in [1.807, 2.05) is 0 Å². The molecule has 0 atom stereocenters. The molecule has 0 spiro atoms. The Morgan fingerprint density at radius 1 is 0.425 bits per heavy atom. The van der Waals surface area contributed by atoms with E-state index in [4.69, 9.17) is 9.47 Å². The second kappa shape index (κ2) is 7.96. The van der Waals surface area contributed by atoms with Crippen molar-refractivity contribution in [2.75, 3.05) is 14.2 Å². The fraction of sp³-hybridized carbons (Fsp3) is 0.526. The first-order chi connectivity index (χ1) is 18.7. The van der Waals surface area contributed by atoms with Crippen molar-refractivity contribution in [2.24, 2.45) is 0 Å². The van der Waals surface area contributed by atoms with Gasteiger partial charge < -0.3 is 9.47 Å². The quantitative estimate of drug-likeness (QED) is 0.225. The molecule has 0 amide bonds. The summed E-state index contributed by atoms with van der Waals surface area (Å²) >= 11 is 0. The lowest BCUT2D eigenvalue weighted by molar-refractivity contribution is 0.329. The molecule has 0 saturated heterocycles. The van der Waals surface area contributed by atoms with Crippen molar-refractivity contribution in [2.45, 2.75) is 115 Å². The van der Waals surface area contributed by atoms with Crippen LogP contribution in [-0.2, 0) is 21.7 Å². The SMILES string of the molecule is COc1cc2c(cc1OC)C1c3cc4c(cc3C2c2cc3c(cc21)C(C)(C)CCC3(C)C)C(C)(C)CCC4(C)C. The van der Waals surface area contributed by atoms with Crippen molar-refractivity contribution in [3.8, 4) is 11.5 Å². The first kappa shape index (κ1) is 26.2. The Balaban J connectivity index is 1.57. The zero-order chi connectivity index (χ0) is 28.6. The van der Waals surface area contributed by atoms with Gasteiger partial charge in [0.25, 0.3) is 0 Å². The highest BCUT2D eigenvalue weighted by Crippen LogP contribution is 2.61. The summed E-state index contributed by atoms with van der Waals surface area (Å²) in [6, 6.07) is 15.1. The minimum absolute atomic E-state index is 0.182. The molecule has 3 aromatic carbocycles. The molecule has 8 rings (SSSR count). The predicted octanol–water partition coefficient (Wildman–Crippen LogP) is 9.39. The fourth-order valence-electron chi connectivity index (χ4n) is 8.71. The lowest BCUT2D eigenvalue weighted by Gasteiger charge is -2.49. The van der Waals surface area contributed by atoms with Gasteiger partial charge in [-0.2, -0.15) is 0 Å². The van der Waals surface area contributed by atoms with Crippen LogP contribution in [0.3, 0.4) is 0 Å². The van der Waals surface area contributed by atoms with Crippen LogP contribution in [-0.4, -0.2) is 14.2 Å². The first-order valence-electron chi connectivity index (χ1n) is 15.3. The molecule has 0 unspecified atom stereocenters. The van der Waals surface area contributed by atoms with Crippen LogP contribution in [0.15, 0.2) is 36.4 Å². The Hall–Kier alpha value is -2.74. The van der Waals surface area contributed by atoms with Crippen molar-refractivity contribution in [1.82, 2.24) is 0 Å². The van der Waals surface area contributed by atoms with Crippen LogP contribution in [0.4, 0.5) is 0 Å². The van der Waals surface area contributed by atoms with E-state index in [-0.39, 0.29) is 33.5 Å². The van der Waals surface area contributed by atoms with Crippen LogP contribution in [0.25, 0.3) is 0 Å². The molecule has 3 aromatic rings. The fourth-order valence-corrected chi connectivity index (χ4v) is 8.71. The molecule has 5 aliphatic carbocycles. The maximum atomic E-state index is 5.86. The first-order valence-corrected chi connectivity index (χ1v) is 15.3. The second-order valence-corrected chi connectivity index (χ2v) is 15.8. The standard InChI is InChI=1S/C38H46O2/c1-35(2)11-12-36(3,4)28-16-22-21(15-27(28)35)33-23-17-29-30(38(7,8)14-13-37(29,5)6)18-24(23)34(22)26-20-32(40-10)31(39-9)19-25(26)33/h15-20,33-34H,11-14H2,1-10H3. The van der Waals surface area contributed by atoms with E-state index in [9.17, 15) is 0 Å². The maximum Gasteiger partial charge on any atom is 0.161 e. The van der Waals surface area contributed by atoms with Crippen molar-refractivity contribution >= 4 is 0 Å². The minimum Gasteiger partial charge on any atom is -0.493 e. The van der Waals surface area contributed by atoms with Gasteiger partial charge in [0.05, 0.1) is 14.2 Å². The van der Waals surface area contributed by atoms with Crippen molar-refractivity contribution in [1.29, 1.82) is 0 Å². The zero-order valence-corrected chi connectivity index (χ0v) is 26.3. The summed E-state index contributed by atoms with van der Waals surface area (Å²) in [6.45, 7) is 19.6. The van der Waals surface area contributed by atoms with Gasteiger partial charge in [-0.15, -0.1) is 0 Å². The molecule has 0 radical (unpaired) electrons. The number of methoxy groups -OCH3 is 2. The molecule has 2 nitrogen and oxygen atoms in total. The number of rotatable bonds is 2. The summed E-state index contributed by atoms with van der Waals surface area (Å²) in [4.78, 5) is 0. The van der Waals surface area contributed by atoms with Crippen molar-refractivity contribution in [3.63, 3.8) is 0 Å². The van der Waals surface area contributed by atoms with Gasteiger partial charge in [0.2, 0.25) is 0 Å². The average molecular weight is 535 g/mol. The highest BCUT2D eigenvalue weighted by Gasteiger charge is 2.48. The predicted molar refractivity (Wildman–Crippen MR) is 165 cm³/mol. The smallest absolute Gasteiger partial charge is 0.161 e. The number of hydrogen-bond donors (Lipinski definition) is 0. The van der Waals surface area contributed by atoms with Crippen LogP contribution < -0.4 is 9.47 Å². The summed E-state index contributed by atoms with van der Waals surface area (Å²) in [5.74, 6) is 2.08. The Bertz CT molecular complexity index is 1380. The van der Waals surface area contributed by atoms with E-state index < -0.39 is 0 Å². The molecule has 40 heavy (non-hydrogen) atoms. The topological polar surface area (TPSA) is 18.5 Å². The van der Waals surface area contributed by atoms with Gasteiger partial charge in [-0.3, -0.25) is 0 Å². The monoisotopic (exact) mass is 534 g/mol. The lowest BCUT2D eigenvalue weighted by atomic mass is 9.55. The Morgan fingerprint density at radius 3 is 0.875 bits per heavy atom. The third-order valence-electron chi connectivity index (χ3n) is 11.6. The van der Waals surface area contributed by atoms with E-state index in [1.165, 1.54) is 59.1 Å². The molecule has 0 N–H and O–H groups in total. The van der Waals surface area contributed by atoms with Gasteiger partial charge in [-0.1, -0.05) is 79.7 Å². The molecule has 0 aliphatic heterocycles. The summed E-state index contributed by atoms with van der Waals surface area (Å²) in [5, 5.41) is 0. The molecule has 2 bridgehead atoms. The van der Waals surface area contributed by atoms with E-state index in [2.05, 4.69) is 91.8 Å². The lowest BCUT2D eigenvalue weighted by Crippen LogP contribution is -2.38.